The van der Waals surface area contributed by atoms with E-state index in [0.29, 0.717) is 12.3 Å². The van der Waals surface area contributed by atoms with Crippen LogP contribution >= 0.6 is 0 Å². The molecular weight excluding hydrogens is 402 g/mol. The summed E-state index contributed by atoms with van der Waals surface area (Å²) in [7, 11) is -1.83. The zero-order valence-electron chi connectivity index (χ0n) is 20.3. The average Bonchev–Trinajstić information content (AvgIpc) is 2.67. The summed E-state index contributed by atoms with van der Waals surface area (Å²) < 4.78 is 6.23. The molecule has 0 bridgehead atoms. The maximum Gasteiger partial charge on any atom is 0.414 e. The number of nitrogens with zero attached hydrogens (tertiary/aromatic N) is 1. The molecule has 1 aliphatic carbocycles. The molecule has 0 radical (unpaired) electrons. The van der Waals surface area contributed by atoms with Crippen LogP contribution in [-0.2, 0) is 14.9 Å². The zero-order valence-corrected chi connectivity index (χ0v) is 21.3. The first-order chi connectivity index (χ1) is 14.4. The molecule has 1 heterocycles. The minimum absolute atomic E-state index is 0.0881. The van der Waals surface area contributed by atoms with E-state index in [9.17, 15) is 9.59 Å². The number of carbonyl (C=O) groups is 2. The van der Waals surface area contributed by atoms with Crippen LogP contribution in [0, 0.1) is 11.8 Å². The molecule has 0 saturated heterocycles. The molecule has 31 heavy (non-hydrogen) atoms. The first-order valence-electron chi connectivity index (χ1n) is 11.7. The van der Waals surface area contributed by atoms with Gasteiger partial charge in [0.05, 0.1) is 8.07 Å². The fourth-order valence-corrected chi connectivity index (χ4v) is 6.68. The van der Waals surface area contributed by atoms with Crippen LogP contribution in [0.25, 0.3) is 0 Å². The smallest absolute Gasteiger partial charge is 0.414 e. The molecule has 1 amide bonds. The number of carbonyl (C=O) groups excluding carboxylic acids is 2. The first kappa shape index (κ1) is 23.8. The summed E-state index contributed by atoms with van der Waals surface area (Å²) in [6.45, 7) is 15.2. The van der Waals surface area contributed by atoms with Gasteiger partial charge in [-0.2, -0.15) is 0 Å². The second-order valence-electron chi connectivity index (χ2n) is 11.2. The number of rotatable bonds is 4. The highest BCUT2D eigenvalue weighted by Gasteiger charge is 2.43. The normalized spacial score (nSPS) is 27.6. The number of hydrogen-bond acceptors (Lipinski definition) is 3. The van der Waals surface area contributed by atoms with E-state index in [4.69, 9.17) is 4.74 Å². The Labute approximate surface area is 189 Å². The summed E-state index contributed by atoms with van der Waals surface area (Å²) in [5.74, 6) is 0.983. The number of amides is 1. The molecule has 170 valence electrons. The predicted molar refractivity (Wildman–Crippen MR) is 129 cm³/mol. The molecule has 1 fully saturated rings. The predicted octanol–water partition coefficient (Wildman–Crippen LogP) is 6.33. The number of hydrogen-bond donors (Lipinski definition) is 0. The van der Waals surface area contributed by atoms with E-state index in [2.05, 4.69) is 64.7 Å². The summed E-state index contributed by atoms with van der Waals surface area (Å²) in [5.41, 5.74) is 1.20. The molecule has 0 unspecified atom stereocenters. The lowest BCUT2D eigenvalue weighted by molar-refractivity contribution is -0.116. The van der Waals surface area contributed by atoms with E-state index in [1.54, 1.807) is 11.1 Å². The number of allylic oxidation sites excluding steroid dienone is 1. The van der Waals surface area contributed by atoms with Crippen molar-refractivity contribution in [3.8, 4) is 0 Å². The molecule has 4 atom stereocenters. The number of benzene rings is 1. The summed E-state index contributed by atoms with van der Waals surface area (Å²) in [6.07, 6.45) is 4.84. The lowest BCUT2D eigenvalue weighted by Gasteiger charge is -2.44. The second kappa shape index (κ2) is 8.93. The van der Waals surface area contributed by atoms with Gasteiger partial charge >= 0.3 is 6.09 Å². The summed E-state index contributed by atoms with van der Waals surface area (Å²) in [5, 5.41) is 0.834. The van der Waals surface area contributed by atoms with Gasteiger partial charge in [0, 0.05) is 24.6 Å². The van der Waals surface area contributed by atoms with E-state index in [-0.39, 0.29) is 35.4 Å². The van der Waals surface area contributed by atoms with Crippen molar-refractivity contribution in [2.75, 3.05) is 0 Å². The van der Waals surface area contributed by atoms with Crippen molar-refractivity contribution >= 4 is 20.0 Å². The van der Waals surface area contributed by atoms with Crippen LogP contribution in [0.5, 0.6) is 0 Å². The van der Waals surface area contributed by atoms with Crippen LogP contribution in [0.3, 0.4) is 0 Å². The van der Waals surface area contributed by atoms with Crippen LogP contribution in [0.1, 0.15) is 58.9 Å². The van der Waals surface area contributed by atoms with Crippen molar-refractivity contribution in [2.45, 2.75) is 90.6 Å². The molecular formula is C26H39NO3Si. The van der Waals surface area contributed by atoms with Gasteiger partial charge in [-0.05, 0) is 41.9 Å². The third-order valence-electron chi connectivity index (χ3n) is 7.29. The van der Waals surface area contributed by atoms with E-state index < -0.39 is 8.07 Å². The van der Waals surface area contributed by atoms with Crippen molar-refractivity contribution in [1.29, 1.82) is 0 Å². The monoisotopic (exact) mass is 441 g/mol. The largest absolute Gasteiger partial charge is 0.446 e. The van der Waals surface area contributed by atoms with Crippen molar-refractivity contribution < 1.29 is 14.3 Å². The number of ketones is 1. The Morgan fingerprint density at radius 2 is 1.74 bits per heavy atom. The SMILES string of the molecule is C[C@@H]1CC[C@@H](C(C)(C)c2ccccc2)[C@H](OC(=O)N2C=C([Si](C)(C)C)C(=O)C[C@H]2C)C1. The molecule has 5 heteroatoms. The van der Waals surface area contributed by atoms with Gasteiger partial charge in [0.1, 0.15) is 6.10 Å². The molecule has 4 nitrogen and oxygen atoms in total. The van der Waals surface area contributed by atoms with Gasteiger partial charge in [0.2, 0.25) is 0 Å². The van der Waals surface area contributed by atoms with Crippen LogP contribution in [0.15, 0.2) is 41.7 Å². The number of Topliss-reactive ketones (excluding diaryl/α,β-unsaturated/α-hetero) is 1. The average molecular weight is 442 g/mol. The fraction of sp³-hybridized carbons (Fsp3) is 0.615. The molecule has 1 saturated carbocycles. The Morgan fingerprint density at radius 1 is 1.10 bits per heavy atom. The third-order valence-corrected chi connectivity index (χ3v) is 9.32. The second-order valence-corrected chi connectivity index (χ2v) is 16.2. The van der Waals surface area contributed by atoms with Crippen LogP contribution in [-0.4, -0.2) is 37.0 Å². The highest BCUT2D eigenvalue weighted by atomic mass is 28.3. The third kappa shape index (κ3) is 5.13. The van der Waals surface area contributed by atoms with Gasteiger partial charge in [0.15, 0.2) is 5.78 Å². The van der Waals surface area contributed by atoms with Gasteiger partial charge in [-0.1, -0.05) is 77.2 Å². The topological polar surface area (TPSA) is 46.6 Å². The molecule has 1 aliphatic heterocycles. The highest BCUT2D eigenvalue weighted by molar-refractivity contribution is 6.87. The standard InChI is InChI=1S/C26H39NO3Si/c1-18-13-14-21(26(3,4)20-11-9-8-10-12-20)23(15-18)30-25(29)27-17-24(31(5,6)7)22(28)16-19(27)2/h8-12,17-19,21,23H,13-16H2,1-7H3/t18-,19-,21-,23-/m1/s1. The lowest BCUT2D eigenvalue weighted by atomic mass is 9.64. The van der Waals surface area contributed by atoms with Crippen LogP contribution < -0.4 is 0 Å². The van der Waals surface area contributed by atoms with Gasteiger partial charge < -0.3 is 4.74 Å². The minimum Gasteiger partial charge on any atom is -0.446 e. The Bertz CT molecular complexity index is 840. The summed E-state index contributed by atoms with van der Waals surface area (Å²) in [4.78, 5) is 27.6. The molecule has 2 aliphatic rings. The zero-order chi connectivity index (χ0) is 23.0. The van der Waals surface area contributed by atoms with Crippen molar-refractivity contribution in [3.05, 3.63) is 47.3 Å². The van der Waals surface area contributed by atoms with Crippen molar-refractivity contribution in [3.63, 3.8) is 0 Å². The Balaban J connectivity index is 1.85. The maximum atomic E-state index is 13.3. The molecule has 3 rings (SSSR count). The van der Waals surface area contributed by atoms with Gasteiger partial charge in [-0.15, -0.1) is 0 Å². The van der Waals surface area contributed by atoms with Crippen molar-refractivity contribution in [1.82, 2.24) is 4.90 Å². The molecule has 1 aromatic carbocycles. The Hall–Kier alpha value is -1.88. The maximum absolute atomic E-state index is 13.3. The quantitative estimate of drug-likeness (QED) is 0.513. The summed E-state index contributed by atoms with van der Waals surface area (Å²) in [6, 6.07) is 10.4. The van der Waals surface area contributed by atoms with E-state index in [1.165, 1.54) is 5.56 Å². The summed E-state index contributed by atoms with van der Waals surface area (Å²) >= 11 is 0. The van der Waals surface area contributed by atoms with Crippen LogP contribution in [0.2, 0.25) is 19.6 Å². The number of ether oxygens (including phenoxy) is 1. The fourth-order valence-electron chi connectivity index (χ4n) is 5.22. The lowest BCUT2D eigenvalue weighted by Crippen LogP contribution is -2.48. The van der Waals surface area contributed by atoms with E-state index in [0.717, 1.165) is 24.5 Å². The van der Waals surface area contributed by atoms with Crippen molar-refractivity contribution in [2.24, 2.45) is 11.8 Å². The van der Waals surface area contributed by atoms with Gasteiger partial charge in [-0.25, -0.2) is 4.79 Å². The molecule has 0 aromatic heterocycles. The van der Waals surface area contributed by atoms with Gasteiger partial charge in [-0.3, -0.25) is 9.69 Å². The highest BCUT2D eigenvalue weighted by Crippen LogP contribution is 2.44. The molecule has 1 aromatic rings. The van der Waals surface area contributed by atoms with E-state index in [1.807, 2.05) is 13.0 Å². The van der Waals surface area contributed by atoms with Crippen LogP contribution in [0.4, 0.5) is 4.79 Å². The molecule has 0 spiro atoms. The van der Waals surface area contributed by atoms with E-state index >= 15 is 0 Å². The Kier molecular flexibility index (Phi) is 6.85. The van der Waals surface area contributed by atoms with Gasteiger partial charge in [0.25, 0.3) is 0 Å². The first-order valence-corrected chi connectivity index (χ1v) is 15.2. The minimum atomic E-state index is -1.83. The molecule has 0 N–H and O–H groups in total. The Morgan fingerprint density at radius 3 is 2.35 bits per heavy atom.